The molecule has 0 saturated heterocycles. The van der Waals surface area contributed by atoms with Crippen molar-refractivity contribution < 1.29 is 4.79 Å². The number of hydrogen-bond donors (Lipinski definition) is 0. The van der Waals surface area contributed by atoms with Crippen LogP contribution in [0.4, 0.5) is 0 Å². The van der Waals surface area contributed by atoms with Gasteiger partial charge in [0.1, 0.15) is 13.9 Å². The third-order valence-corrected chi connectivity index (χ3v) is 13.8. The molecule has 1 fully saturated rings. The van der Waals surface area contributed by atoms with E-state index in [-0.39, 0.29) is 22.8 Å². The average Bonchev–Trinajstić information content (AvgIpc) is 2.73. The highest BCUT2D eigenvalue weighted by atomic mass is 28.3. The second kappa shape index (κ2) is 9.12. The number of carbonyl (C=O) groups excluding carboxylic acids is 1. The standard InChI is InChI=1S/C29H38OSi/c1-21(2)24-18-27(23(4)28(30)19-24)22(3)20-31(29(5,6)7,25-14-10-8-11-15-25)26-16-12-9-13-17-26/h8-17,23-24,27H,1,3,18-20H2,2,4-7H3/t23-,24-,27+/m1/s1. The number of allylic oxidation sites excluding steroid dienone is 2. The number of carbonyl (C=O) groups is 1. The fourth-order valence-corrected chi connectivity index (χ4v) is 11.0. The molecule has 0 spiro atoms. The van der Waals surface area contributed by atoms with E-state index in [0.29, 0.717) is 12.2 Å². The zero-order valence-corrected chi connectivity index (χ0v) is 20.9. The van der Waals surface area contributed by atoms with Crippen LogP contribution in [0.5, 0.6) is 0 Å². The van der Waals surface area contributed by atoms with E-state index in [1.807, 2.05) is 0 Å². The lowest BCUT2D eigenvalue weighted by Gasteiger charge is -2.46. The van der Waals surface area contributed by atoms with Crippen LogP contribution in [0.25, 0.3) is 0 Å². The van der Waals surface area contributed by atoms with Gasteiger partial charge in [-0.25, -0.2) is 0 Å². The maximum atomic E-state index is 12.9. The molecule has 1 aliphatic carbocycles. The minimum atomic E-state index is -2.23. The second-order valence-corrected chi connectivity index (χ2v) is 15.4. The molecule has 0 aromatic heterocycles. The van der Waals surface area contributed by atoms with Crippen LogP contribution < -0.4 is 10.4 Å². The highest BCUT2D eigenvalue weighted by Gasteiger charge is 2.49. The van der Waals surface area contributed by atoms with Crippen molar-refractivity contribution in [3.8, 4) is 0 Å². The van der Waals surface area contributed by atoms with Crippen LogP contribution in [0, 0.1) is 17.8 Å². The largest absolute Gasteiger partial charge is 0.299 e. The fourth-order valence-electron chi connectivity index (χ4n) is 5.56. The van der Waals surface area contributed by atoms with Crippen LogP contribution >= 0.6 is 0 Å². The van der Waals surface area contributed by atoms with Gasteiger partial charge in [0, 0.05) is 12.3 Å². The summed E-state index contributed by atoms with van der Waals surface area (Å²) in [7, 11) is -2.23. The monoisotopic (exact) mass is 430 g/mol. The molecular weight excluding hydrogens is 392 g/mol. The lowest BCUT2D eigenvalue weighted by molar-refractivity contribution is -0.126. The molecule has 1 aliphatic rings. The Labute approximate surface area is 190 Å². The number of rotatable bonds is 6. The van der Waals surface area contributed by atoms with Crippen LogP contribution in [-0.2, 0) is 4.79 Å². The van der Waals surface area contributed by atoms with Crippen LogP contribution in [0.15, 0.2) is 85.0 Å². The van der Waals surface area contributed by atoms with Gasteiger partial charge in [0.25, 0.3) is 0 Å². The summed E-state index contributed by atoms with van der Waals surface area (Å²) < 4.78 is 0. The molecule has 0 bridgehead atoms. The minimum absolute atomic E-state index is 0.0429. The normalized spacial score (nSPS) is 22.2. The van der Waals surface area contributed by atoms with E-state index in [1.165, 1.54) is 15.9 Å². The van der Waals surface area contributed by atoms with Gasteiger partial charge in [-0.05, 0) is 36.3 Å². The van der Waals surface area contributed by atoms with Gasteiger partial charge < -0.3 is 0 Å². The maximum Gasteiger partial charge on any atom is 0.136 e. The highest BCUT2D eigenvalue weighted by Crippen LogP contribution is 2.45. The zero-order chi connectivity index (χ0) is 22.8. The highest BCUT2D eigenvalue weighted by molar-refractivity contribution is 7.04. The molecular formula is C29H38OSi. The van der Waals surface area contributed by atoms with E-state index in [1.54, 1.807) is 0 Å². The van der Waals surface area contributed by atoms with Crippen molar-refractivity contribution in [1.29, 1.82) is 0 Å². The Morgan fingerprint density at radius 1 is 0.968 bits per heavy atom. The zero-order valence-electron chi connectivity index (χ0n) is 19.9. The van der Waals surface area contributed by atoms with Gasteiger partial charge in [-0.3, -0.25) is 4.79 Å². The first-order valence-electron chi connectivity index (χ1n) is 11.5. The number of hydrogen-bond acceptors (Lipinski definition) is 1. The lowest BCUT2D eigenvalue weighted by atomic mass is 9.70. The Morgan fingerprint density at radius 3 is 1.87 bits per heavy atom. The molecule has 2 heteroatoms. The summed E-state index contributed by atoms with van der Waals surface area (Å²) in [4.78, 5) is 12.9. The van der Waals surface area contributed by atoms with Crippen molar-refractivity contribution in [2.75, 3.05) is 0 Å². The number of benzene rings is 2. The van der Waals surface area contributed by atoms with Crippen molar-refractivity contribution in [2.24, 2.45) is 17.8 Å². The Bertz CT molecular complexity index is 896. The van der Waals surface area contributed by atoms with Gasteiger partial charge in [0.05, 0.1) is 0 Å². The molecule has 1 nitrogen and oxygen atoms in total. The molecule has 0 heterocycles. The van der Waals surface area contributed by atoms with E-state index < -0.39 is 8.07 Å². The summed E-state index contributed by atoms with van der Waals surface area (Å²) in [5, 5.41) is 2.98. The van der Waals surface area contributed by atoms with Crippen molar-refractivity contribution in [3.05, 3.63) is 85.0 Å². The summed E-state index contributed by atoms with van der Waals surface area (Å²) in [6, 6.07) is 23.1. The van der Waals surface area contributed by atoms with Crippen molar-refractivity contribution in [3.63, 3.8) is 0 Å². The molecule has 0 radical (unpaired) electrons. The SMILES string of the molecule is C=C(C)[C@H]1CC(=O)[C@H](C)[C@H](C(=C)C[Si](c2ccccc2)(c2ccccc2)C(C)(C)C)C1. The van der Waals surface area contributed by atoms with Gasteiger partial charge in [0.15, 0.2) is 0 Å². The van der Waals surface area contributed by atoms with Crippen LogP contribution in [0.3, 0.4) is 0 Å². The maximum absolute atomic E-state index is 12.9. The summed E-state index contributed by atoms with van der Waals surface area (Å²) in [5.41, 5.74) is 2.38. The van der Waals surface area contributed by atoms with Crippen LogP contribution in [-0.4, -0.2) is 13.9 Å². The molecule has 164 valence electrons. The topological polar surface area (TPSA) is 17.1 Å². The number of Topliss-reactive ketones (excluding diaryl/α,β-unsaturated/α-hetero) is 1. The molecule has 0 N–H and O–H groups in total. The quantitative estimate of drug-likeness (QED) is 0.382. The fraction of sp³-hybridized carbons (Fsp3) is 0.414. The summed E-state index contributed by atoms with van der Waals surface area (Å²) >= 11 is 0. The van der Waals surface area contributed by atoms with E-state index in [2.05, 4.69) is 108 Å². The van der Waals surface area contributed by atoms with Crippen LogP contribution in [0.2, 0.25) is 11.1 Å². The summed E-state index contributed by atoms with van der Waals surface area (Å²) in [6.45, 7) is 20.2. The van der Waals surface area contributed by atoms with Gasteiger partial charge in [-0.1, -0.05) is 123 Å². The smallest absolute Gasteiger partial charge is 0.136 e. The van der Waals surface area contributed by atoms with Crippen molar-refractivity contribution in [1.82, 2.24) is 0 Å². The molecule has 3 atom stereocenters. The summed E-state index contributed by atoms with van der Waals surface area (Å²) in [6.07, 6.45) is 1.64. The van der Waals surface area contributed by atoms with Crippen molar-refractivity contribution >= 4 is 24.2 Å². The molecule has 31 heavy (non-hydrogen) atoms. The van der Waals surface area contributed by atoms with Gasteiger partial charge in [0.2, 0.25) is 0 Å². The van der Waals surface area contributed by atoms with Crippen LogP contribution in [0.1, 0.15) is 47.5 Å². The van der Waals surface area contributed by atoms with Gasteiger partial charge >= 0.3 is 0 Å². The molecule has 0 aliphatic heterocycles. The van der Waals surface area contributed by atoms with E-state index >= 15 is 0 Å². The number of ketones is 1. The third-order valence-electron chi connectivity index (χ3n) is 7.62. The Hall–Kier alpha value is -2.19. The molecule has 3 rings (SSSR count). The molecule has 0 amide bonds. The second-order valence-electron chi connectivity index (χ2n) is 10.6. The predicted octanol–water partition coefficient (Wildman–Crippen LogP) is 6.41. The third kappa shape index (κ3) is 4.55. The molecule has 1 saturated carbocycles. The minimum Gasteiger partial charge on any atom is -0.299 e. The van der Waals surface area contributed by atoms with Crippen molar-refractivity contribution in [2.45, 2.75) is 58.5 Å². The first kappa shape index (κ1) is 23.5. The summed E-state index contributed by atoms with van der Waals surface area (Å²) in [5.74, 6) is 0.920. The Balaban J connectivity index is 2.10. The van der Waals surface area contributed by atoms with Gasteiger partial charge in [-0.15, -0.1) is 0 Å². The lowest BCUT2D eigenvalue weighted by Crippen LogP contribution is -2.64. The Kier molecular flexibility index (Phi) is 6.91. The van der Waals surface area contributed by atoms with E-state index in [4.69, 9.17) is 0 Å². The molecule has 0 unspecified atom stereocenters. The van der Waals surface area contributed by atoms with E-state index in [0.717, 1.165) is 18.0 Å². The Morgan fingerprint density at radius 2 is 1.45 bits per heavy atom. The van der Waals surface area contributed by atoms with E-state index in [9.17, 15) is 4.79 Å². The van der Waals surface area contributed by atoms with Gasteiger partial charge in [-0.2, -0.15) is 0 Å². The molecule has 2 aromatic carbocycles. The first-order valence-corrected chi connectivity index (χ1v) is 13.8. The molecule has 2 aromatic rings. The average molecular weight is 431 g/mol. The first-order chi connectivity index (χ1) is 14.6. The predicted molar refractivity (Wildman–Crippen MR) is 137 cm³/mol.